The molecule has 1 aromatic heterocycles. The predicted octanol–water partition coefficient (Wildman–Crippen LogP) is 3.90. The molecule has 1 aliphatic rings. The Labute approximate surface area is 182 Å². The van der Waals surface area contributed by atoms with Gasteiger partial charge in [-0.3, -0.25) is 9.59 Å². The molecule has 6 nitrogen and oxygen atoms in total. The molecule has 4 rings (SSSR count). The van der Waals surface area contributed by atoms with E-state index in [4.69, 9.17) is 4.74 Å². The number of hydrogen-bond acceptors (Lipinski definition) is 6. The van der Waals surface area contributed by atoms with E-state index in [2.05, 4.69) is 10.3 Å². The maximum atomic E-state index is 12.3. The first-order chi connectivity index (χ1) is 14.7. The molecule has 0 bridgehead atoms. The van der Waals surface area contributed by atoms with Gasteiger partial charge in [0.25, 0.3) is 0 Å². The lowest BCUT2D eigenvalue weighted by molar-refractivity contribution is -0.132. The van der Waals surface area contributed by atoms with Crippen LogP contribution in [0.25, 0.3) is 16.3 Å². The van der Waals surface area contributed by atoms with E-state index in [1.807, 2.05) is 53.4 Å². The predicted molar refractivity (Wildman–Crippen MR) is 122 cm³/mol. The van der Waals surface area contributed by atoms with Gasteiger partial charge in [0, 0.05) is 24.9 Å². The second-order valence-corrected chi connectivity index (χ2v) is 8.93. The SMILES string of the molecule is O=C(C=Cc1ccccc1)Nc1ccc2nc(SCC(=O)N3CCOCC3)sc2c1. The first kappa shape index (κ1) is 20.6. The Bertz CT molecular complexity index is 1060. The van der Waals surface area contributed by atoms with E-state index in [0.29, 0.717) is 32.1 Å². The summed E-state index contributed by atoms with van der Waals surface area (Å²) in [6.45, 7) is 2.52. The van der Waals surface area contributed by atoms with Crippen molar-refractivity contribution in [1.29, 1.82) is 0 Å². The van der Waals surface area contributed by atoms with Gasteiger partial charge in [-0.1, -0.05) is 42.1 Å². The Hall–Kier alpha value is -2.68. The average molecular weight is 440 g/mol. The van der Waals surface area contributed by atoms with Gasteiger partial charge in [0.15, 0.2) is 4.34 Å². The number of aromatic nitrogens is 1. The van der Waals surface area contributed by atoms with Crippen molar-refractivity contribution in [3.63, 3.8) is 0 Å². The molecule has 1 fully saturated rings. The van der Waals surface area contributed by atoms with Crippen LogP contribution in [0.3, 0.4) is 0 Å². The number of nitrogens with one attached hydrogen (secondary N) is 1. The highest BCUT2D eigenvalue weighted by molar-refractivity contribution is 8.01. The molecule has 0 saturated carbocycles. The number of fused-ring (bicyclic) bond motifs is 1. The van der Waals surface area contributed by atoms with Crippen molar-refractivity contribution in [2.24, 2.45) is 0 Å². The lowest BCUT2D eigenvalue weighted by Gasteiger charge is -2.26. The molecular formula is C22H21N3O3S2. The fourth-order valence-corrected chi connectivity index (χ4v) is 5.00. The number of carbonyl (C=O) groups is 2. The van der Waals surface area contributed by atoms with Crippen LogP contribution in [0.15, 0.2) is 58.9 Å². The van der Waals surface area contributed by atoms with E-state index in [1.165, 1.54) is 29.2 Å². The Balaban J connectivity index is 1.35. The van der Waals surface area contributed by atoms with Crippen LogP contribution >= 0.6 is 23.1 Å². The van der Waals surface area contributed by atoms with Crippen LogP contribution in [-0.2, 0) is 14.3 Å². The van der Waals surface area contributed by atoms with Crippen molar-refractivity contribution in [2.75, 3.05) is 37.4 Å². The Kier molecular flexibility index (Phi) is 6.78. The molecule has 0 radical (unpaired) electrons. The second-order valence-electron chi connectivity index (χ2n) is 6.68. The number of anilines is 1. The largest absolute Gasteiger partial charge is 0.378 e. The summed E-state index contributed by atoms with van der Waals surface area (Å²) in [6, 6.07) is 15.3. The third-order valence-corrected chi connectivity index (χ3v) is 6.69. The van der Waals surface area contributed by atoms with Gasteiger partial charge in [-0.2, -0.15) is 0 Å². The van der Waals surface area contributed by atoms with Gasteiger partial charge in [-0.05, 0) is 29.8 Å². The number of thioether (sulfide) groups is 1. The number of benzene rings is 2. The minimum Gasteiger partial charge on any atom is -0.378 e. The molecule has 30 heavy (non-hydrogen) atoms. The zero-order valence-corrected chi connectivity index (χ0v) is 17.9. The fraction of sp³-hybridized carbons (Fsp3) is 0.227. The Morgan fingerprint density at radius 3 is 2.77 bits per heavy atom. The summed E-state index contributed by atoms with van der Waals surface area (Å²) in [5.74, 6) is 0.294. The van der Waals surface area contributed by atoms with Gasteiger partial charge in [0.2, 0.25) is 11.8 Å². The molecule has 8 heteroatoms. The molecule has 2 heterocycles. The fourth-order valence-electron chi connectivity index (χ4n) is 2.99. The number of hydrogen-bond donors (Lipinski definition) is 1. The number of morpholine rings is 1. The maximum absolute atomic E-state index is 12.3. The third-order valence-electron chi connectivity index (χ3n) is 4.55. The first-order valence-corrected chi connectivity index (χ1v) is 11.4. The maximum Gasteiger partial charge on any atom is 0.248 e. The Morgan fingerprint density at radius 2 is 1.97 bits per heavy atom. The van der Waals surface area contributed by atoms with Crippen LogP contribution in [0.2, 0.25) is 0 Å². The van der Waals surface area contributed by atoms with Gasteiger partial charge in [-0.15, -0.1) is 11.3 Å². The molecule has 1 saturated heterocycles. The summed E-state index contributed by atoms with van der Waals surface area (Å²) >= 11 is 2.97. The molecule has 2 amide bonds. The van der Waals surface area contributed by atoms with Crippen LogP contribution in [0, 0.1) is 0 Å². The Morgan fingerprint density at radius 1 is 1.17 bits per heavy atom. The van der Waals surface area contributed by atoms with Crippen molar-refractivity contribution < 1.29 is 14.3 Å². The van der Waals surface area contributed by atoms with Crippen LogP contribution in [-0.4, -0.2) is 53.8 Å². The van der Waals surface area contributed by atoms with E-state index >= 15 is 0 Å². The quantitative estimate of drug-likeness (QED) is 0.466. The monoisotopic (exact) mass is 439 g/mol. The molecule has 0 spiro atoms. The van der Waals surface area contributed by atoms with Crippen LogP contribution in [0.1, 0.15) is 5.56 Å². The number of rotatable bonds is 6. The molecule has 0 unspecified atom stereocenters. The van der Waals surface area contributed by atoms with E-state index in [9.17, 15) is 9.59 Å². The lowest BCUT2D eigenvalue weighted by Crippen LogP contribution is -2.41. The topological polar surface area (TPSA) is 71.5 Å². The molecule has 2 aromatic carbocycles. The summed E-state index contributed by atoms with van der Waals surface area (Å²) in [5, 5.41) is 2.88. The van der Waals surface area contributed by atoms with Gasteiger partial charge in [-0.25, -0.2) is 4.98 Å². The third kappa shape index (κ3) is 5.47. The van der Waals surface area contributed by atoms with Gasteiger partial charge in [0.1, 0.15) is 0 Å². The molecule has 1 aliphatic heterocycles. The summed E-state index contributed by atoms with van der Waals surface area (Å²) in [5.41, 5.74) is 2.55. The highest BCUT2D eigenvalue weighted by Gasteiger charge is 2.17. The normalized spacial score (nSPS) is 14.3. The highest BCUT2D eigenvalue weighted by Crippen LogP contribution is 2.31. The standard InChI is InChI=1S/C22H21N3O3S2/c26-20(9-6-16-4-2-1-3-5-16)23-17-7-8-18-19(14-17)30-22(24-18)29-15-21(27)25-10-12-28-13-11-25/h1-9,14H,10-13,15H2,(H,23,26). The molecular weight excluding hydrogens is 418 g/mol. The van der Waals surface area contributed by atoms with Gasteiger partial charge in [0.05, 0.1) is 29.2 Å². The van der Waals surface area contributed by atoms with Gasteiger partial charge >= 0.3 is 0 Å². The number of nitrogens with zero attached hydrogens (tertiary/aromatic N) is 2. The van der Waals surface area contributed by atoms with Crippen molar-refractivity contribution >= 4 is 56.9 Å². The molecule has 3 aromatic rings. The van der Waals surface area contributed by atoms with E-state index in [0.717, 1.165) is 25.8 Å². The number of carbonyl (C=O) groups excluding carboxylic acids is 2. The second kappa shape index (κ2) is 9.88. The first-order valence-electron chi connectivity index (χ1n) is 9.60. The zero-order chi connectivity index (χ0) is 20.8. The van der Waals surface area contributed by atoms with E-state index < -0.39 is 0 Å². The van der Waals surface area contributed by atoms with Crippen molar-refractivity contribution in [2.45, 2.75) is 4.34 Å². The van der Waals surface area contributed by atoms with E-state index in [1.54, 1.807) is 6.08 Å². The minimum atomic E-state index is -0.187. The summed E-state index contributed by atoms with van der Waals surface area (Å²) in [4.78, 5) is 30.9. The van der Waals surface area contributed by atoms with Crippen molar-refractivity contribution in [1.82, 2.24) is 9.88 Å². The summed E-state index contributed by atoms with van der Waals surface area (Å²) in [7, 11) is 0. The number of amides is 2. The number of ether oxygens (including phenoxy) is 1. The number of thiazole rings is 1. The summed E-state index contributed by atoms with van der Waals surface area (Å²) in [6.07, 6.45) is 3.30. The van der Waals surface area contributed by atoms with E-state index in [-0.39, 0.29) is 11.8 Å². The van der Waals surface area contributed by atoms with Crippen LogP contribution < -0.4 is 5.32 Å². The smallest absolute Gasteiger partial charge is 0.248 e. The van der Waals surface area contributed by atoms with Crippen LogP contribution in [0.5, 0.6) is 0 Å². The molecule has 0 aliphatic carbocycles. The summed E-state index contributed by atoms with van der Waals surface area (Å²) < 4.78 is 7.10. The van der Waals surface area contributed by atoms with Crippen LogP contribution in [0.4, 0.5) is 5.69 Å². The average Bonchev–Trinajstić information content (AvgIpc) is 3.19. The van der Waals surface area contributed by atoms with Crippen molar-refractivity contribution in [3.05, 3.63) is 60.2 Å². The minimum absolute atomic E-state index is 0.112. The zero-order valence-electron chi connectivity index (χ0n) is 16.2. The molecule has 1 N–H and O–H groups in total. The molecule has 154 valence electrons. The molecule has 0 atom stereocenters. The lowest BCUT2D eigenvalue weighted by atomic mass is 10.2. The van der Waals surface area contributed by atoms with Crippen molar-refractivity contribution in [3.8, 4) is 0 Å². The van der Waals surface area contributed by atoms with Gasteiger partial charge < -0.3 is 15.0 Å². The highest BCUT2D eigenvalue weighted by atomic mass is 32.2.